The summed E-state index contributed by atoms with van der Waals surface area (Å²) in [6, 6.07) is 5.14. The molecule has 2 aliphatic rings. The highest BCUT2D eigenvalue weighted by Crippen LogP contribution is 2.27. The molecule has 0 saturated heterocycles. The molecular formula is C11H12ClN5O3. The topological polar surface area (TPSA) is 92.1 Å². The number of benzene rings is 1. The minimum Gasteiger partial charge on any atom is -0.395 e. The van der Waals surface area contributed by atoms with Crippen molar-refractivity contribution in [2.24, 2.45) is 5.73 Å². The van der Waals surface area contributed by atoms with Gasteiger partial charge in [-0.1, -0.05) is 11.2 Å². The van der Waals surface area contributed by atoms with Crippen molar-refractivity contribution in [1.29, 1.82) is 0 Å². The molecule has 0 spiro atoms. The Kier molecular flexibility index (Phi) is 3.99. The fraction of sp³-hybridized carbons (Fsp3) is 0. The Labute approximate surface area is 120 Å². The van der Waals surface area contributed by atoms with Crippen LogP contribution in [-0.4, -0.2) is 5.91 Å². The quantitative estimate of drug-likeness (QED) is 0.755. The highest BCUT2D eigenvalue weighted by atomic mass is 35.5. The molecule has 1 amide bonds. The molecule has 0 unspecified atom stereocenters. The van der Waals surface area contributed by atoms with Crippen molar-refractivity contribution in [1.82, 2.24) is 11.2 Å². The van der Waals surface area contributed by atoms with Gasteiger partial charge in [0, 0.05) is 0 Å². The van der Waals surface area contributed by atoms with Crippen molar-refractivity contribution < 1.29 is 14.5 Å². The third kappa shape index (κ3) is 2.48. The number of nitrogens with one attached hydrogen (secondary N) is 2. The van der Waals surface area contributed by atoms with Gasteiger partial charge < -0.3 is 15.4 Å². The largest absolute Gasteiger partial charge is 0.395 e. The molecule has 3 rings (SSSR count). The molecule has 1 aromatic carbocycles. The predicted molar refractivity (Wildman–Crippen MR) is 73.9 cm³/mol. The number of rotatable bonds is 3. The lowest BCUT2D eigenvalue weighted by molar-refractivity contribution is 0.1000. The molecule has 20 heavy (non-hydrogen) atoms. The maximum atomic E-state index is 11.4. The molecule has 0 saturated carbocycles. The molecule has 2 aliphatic heterocycles. The standard InChI is InChI=1S/C11H11N5O3.ClH/c12-11(17)9-2-1-8(15-3-5-18-13-15)7-10(9)16-4-6-19-14-16;/h1-7,13-14H,(H2,12,17);1H. The Balaban J connectivity index is 0.00000147. The maximum absolute atomic E-state index is 11.4. The zero-order chi connectivity index (χ0) is 13.2. The first-order valence-electron chi connectivity index (χ1n) is 5.44. The SMILES string of the molecule is Cl.NC(=O)c1ccc(N2C=CON2)cc1N1C=CON1. The highest BCUT2D eigenvalue weighted by Gasteiger charge is 2.19. The van der Waals surface area contributed by atoms with Gasteiger partial charge in [-0.05, 0) is 18.2 Å². The van der Waals surface area contributed by atoms with Crippen LogP contribution in [0.4, 0.5) is 11.4 Å². The average molecular weight is 298 g/mol. The van der Waals surface area contributed by atoms with Crippen molar-refractivity contribution in [2.45, 2.75) is 0 Å². The third-order valence-electron chi connectivity index (χ3n) is 2.64. The number of hydrazine groups is 2. The number of primary amides is 1. The minimum atomic E-state index is -0.523. The van der Waals surface area contributed by atoms with Gasteiger partial charge in [0.25, 0.3) is 5.91 Å². The van der Waals surface area contributed by atoms with Crippen LogP contribution < -0.4 is 26.9 Å². The summed E-state index contributed by atoms with van der Waals surface area (Å²) in [5, 5.41) is 3.19. The second-order valence-corrected chi connectivity index (χ2v) is 3.79. The Morgan fingerprint density at radius 1 is 1.10 bits per heavy atom. The molecule has 1 aromatic rings. The molecule has 0 radical (unpaired) electrons. The number of nitrogens with two attached hydrogens (primary N) is 1. The molecule has 0 fully saturated rings. The van der Waals surface area contributed by atoms with Crippen LogP contribution in [0.25, 0.3) is 0 Å². The molecule has 9 heteroatoms. The molecule has 106 valence electrons. The summed E-state index contributed by atoms with van der Waals surface area (Å²) in [4.78, 5) is 21.2. The first-order chi connectivity index (χ1) is 9.25. The first-order valence-corrected chi connectivity index (χ1v) is 5.44. The van der Waals surface area contributed by atoms with Crippen LogP contribution >= 0.6 is 12.4 Å². The summed E-state index contributed by atoms with van der Waals surface area (Å²) in [5.74, 6) is -0.523. The zero-order valence-electron chi connectivity index (χ0n) is 10.1. The van der Waals surface area contributed by atoms with Gasteiger partial charge in [-0.25, -0.2) is 10.0 Å². The lowest BCUT2D eigenvalue weighted by Crippen LogP contribution is -2.31. The van der Waals surface area contributed by atoms with Crippen molar-refractivity contribution in [2.75, 3.05) is 10.0 Å². The Morgan fingerprint density at radius 2 is 1.75 bits per heavy atom. The predicted octanol–water partition coefficient (Wildman–Crippen LogP) is 0.662. The fourth-order valence-electron chi connectivity index (χ4n) is 1.76. The van der Waals surface area contributed by atoms with Crippen LogP contribution in [0.15, 0.2) is 43.1 Å². The van der Waals surface area contributed by atoms with Gasteiger partial charge in [0.05, 0.1) is 29.3 Å². The second-order valence-electron chi connectivity index (χ2n) is 3.79. The third-order valence-corrected chi connectivity index (χ3v) is 2.64. The molecule has 4 N–H and O–H groups in total. The number of halogens is 1. The van der Waals surface area contributed by atoms with E-state index in [9.17, 15) is 4.79 Å². The maximum Gasteiger partial charge on any atom is 0.250 e. The molecule has 0 aromatic heterocycles. The van der Waals surface area contributed by atoms with Crippen LogP contribution in [0.2, 0.25) is 0 Å². The van der Waals surface area contributed by atoms with Crippen LogP contribution in [0, 0.1) is 0 Å². The molecule has 0 bridgehead atoms. The monoisotopic (exact) mass is 297 g/mol. The minimum absolute atomic E-state index is 0. The van der Waals surface area contributed by atoms with Gasteiger partial charge >= 0.3 is 0 Å². The van der Waals surface area contributed by atoms with Gasteiger partial charge in [0.1, 0.15) is 12.5 Å². The molecule has 0 aliphatic carbocycles. The fourth-order valence-corrected chi connectivity index (χ4v) is 1.76. The van der Waals surface area contributed by atoms with Gasteiger partial charge in [-0.15, -0.1) is 12.4 Å². The van der Waals surface area contributed by atoms with E-state index in [1.54, 1.807) is 40.6 Å². The number of amides is 1. The van der Waals surface area contributed by atoms with Crippen molar-refractivity contribution >= 4 is 29.7 Å². The summed E-state index contributed by atoms with van der Waals surface area (Å²) in [6.45, 7) is 0. The summed E-state index contributed by atoms with van der Waals surface area (Å²) in [5.41, 5.74) is 12.3. The molecule has 8 nitrogen and oxygen atoms in total. The van der Waals surface area contributed by atoms with E-state index in [1.807, 2.05) is 0 Å². The average Bonchev–Trinajstić information content (AvgIpc) is 3.11. The van der Waals surface area contributed by atoms with Gasteiger partial charge in [-0.3, -0.25) is 4.79 Å². The van der Waals surface area contributed by atoms with Crippen molar-refractivity contribution in [3.8, 4) is 0 Å². The number of hydrogen-bond acceptors (Lipinski definition) is 7. The normalized spacial score (nSPS) is 15.8. The second kappa shape index (κ2) is 5.70. The van der Waals surface area contributed by atoms with Crippen LogP contribution in [-0.2, 0) is 9.68 Å². The van der Waals surface area contributed by atoms with Crippen LogP contribution in [0.1, 0.15) is 10.4 Å². The molecule has 0 atom stereocenters. The number of hydrogen-bond donors (Lipinski definition) is 3. The summed E-state index contributed by atoms with van der Waals surface area (Å²) < 4.78 is 0. The van der Waals surface area contributed by atoms with Gasteiger partial charge in [0.15, 0.2) is 0 Å². The van der Waals surface area contributed by atoms with E-state index in [4.69, 9.17) is 15.4 Å². The van der Waals surface area contributed by atoms with Crippen molar-refractivity contribution in [3.63, 3.8) is 0 Å². The number of nitrogens with zero attached hydrogens (tertiary/aromatic N) is 2. The Hall–Kier alpha value is -2.42. The van der Waals surface area contributed by atoms with Crippen molar-refractivity contribution in [3.05, 3.63) is 48.7 Å². The van der Waals surface area contributed by atoms with Gasteiger partial charge in [0.2, 0.25) is 0 Å². The van der Waals surface area contributed by atoms with E-state index in [-0.39, 0.29) is 12.4 Å². The summed E-state index contributed by atoms with van der Waals surface area (Å²) in [6.07, 6.45) is 6.29. The van der Waals surface area contributed by atoms with Crippen LogP contribution in [0.5, 0.6) is 0 Å². The first kappa shape index (κ1) is 14.0. The molecular weight excluding hydrogens is 286 g/mol. The van der Waals surface area contributed by atoms with Gasteiger partial charge in [-0.2, -0.15) is 0 Å². The summed E-state index contributed by atoms with van der Waals surface area (Å²) in [7, 11) is 0. The van der Waals surface area contributed by atoms with E-state index in [2.05, 4.69) is 11.2 Å². The Bertz CT molecular complexity index is 577. The van der Waals surface area contributed by atoms with E-state index in [0.717, 1.165) is 5.69 Å². The lowest BCUT2D eigenvalue weighted by Gasteiger charge is -2.20. The zero-order valence-corrected chi connectivity index (χ0v) is 11.0. The van der Waals surface area contributed by atoms with Crippen LogP contribution in [0.3, 0.4) is 0 Å². The molecule has 2 heterocycles. The highest BCUT2D eigenvalue weighted by molar-refractivity contribution is 5.99. The Morgan fingerprint density at radius 3 is 2.30 bits per heavy atom. The number of anilines is 2. The van der Waals surface area contributed by atoms with E-state index in [1.165, 1.54) is 12.5 Å². The van der Waals surface area contributed by atoms with E-state index in [0.29, 0.717) is 11.3 Å². The van der Waals surface area contributed by atoms with E-state index < -0.39 is 5.91 Å². The smallest absolute Gasteiger partial charge is 0.250 e. The van der Waals surface area contributed by atoms with E-state index >= 15 is 0 Å². The summed E-state index contributed by atoms with van der Waals surface area (Å²) >= 11 is 0. The lowest BCUT2D eigenvalue weighted by atomic mass is 10.1. The number of carbonyl (C=O) groups is 1. The number of carbonyl (C=O) groups excluding carboxylic acids is 1.